The summed E-state index contributed by atoms with van der Waals surface area (Å²) >= 11 is 0. The summed E-state index contributed by atoms with van der Waals surface area (Å²) < 4.78 is 11.1. The van der Waals surface area contributed by atoms with Crippen LogP contribution in [-0.4, -0.2) is 55.4 Å². The van der Waals surface area contributed by atoms with Crippen molar-refractivity contribution in [1.82, 2.24) is 15.0 Å². The normalized spacial score (nSPS) is 13.9. The Morgan fingerprint density at radius 2 is 1.48 bits per heavy atom. The van der Waals surface area contributed by atoms with Gasteiger partial charge in [-0.05, 0) is 25.1 Å². The number of pyridine rings is 1. The first-order chi connectivity index (χ1) is 16.2. The fourth-order valence-corrected chi connectivity index (χ4v) is 4.20. The zero-order valence-electron chi connectivity index (χ0n) is 19.2. The molecular weight excluding hydrogens is 414 g/mol. The molecule has 7 nitrogen and oxygen atoms in total. The first kappa shape index (κ1) is 21.0. The predicted octanol–water partition coefficient (Wildman–Crippen LogP) is 4.34. The Kier molecular flexibility index (Phi) is 5.69. The Hall–Kier alpha value is -3.87. The number of nitrogens with zero attached hydrogens (tertiary/aromatic N) is 5. The number of ether oxygens (including phenoxy) is 2. The van der Waals surface area contributed by atoms with Crippen LogP contribution >= 0.6 is 0 Å². The number of rotatable bonds is 5. The van der Waals surface area contributed by atoms with E-state index in [0.717, 1.165) is 54.3 Å². The van der Waals surface area contributed by atoms with E-state index >= 15 is 0 Å². The molecule has 0 atom stereocenters. The average Bonchev–Trinajstić information content (AvgIpc) is 2.88. The Labute approximate surface area is 193 Å². The molecule has 0 spiro atoms. The van der Waals surface area contributed by atoms with Gasteiger partial charge in [0.05, 0.1) is 19.7 Å². The second-order valence-electron chi connectivity index (χ2n) is 8.12. The van der Waals surface area contributed by atoms with E-state index in [9.17, 15) is 0 Å². The zero-order valence-corrected chi connectivity index (χ0v) is 19.2. The molecule has 2 aromatic heterocycles. The summed E-state index contributed by atoms with van der Waals surface area (Å²) in [6.45, 7) is 5.49. The lowest BCUT2D eigenvalue weighted by atomic mass is 10.1. The molecule has 0 aliphatic carbocycles. The first-order valence-corrected chi connectivity index (χ1v) is 11.1. The van der Waals surface area contributed by atoms with Crippen molar-refractivity contribution in [3.05, 3.63) is 66.4 Å². The van der Waals surface area contributed by atoms with Crippen LogP contribution in [0.2, 0.25) is 0 Å². The lowest BCUT2D eigenvalue weighted by molar-refractivity contribution is 0.356. The second-order valence-corrected chi connectivity index (χ2v) is 8.12. The number of piperazine rings is 1. The summed E-state index contributed by atoms with van der Waals surface area (Å²) in [6.07, 6.45) is 1.84. The standard InChI is InChI=1S/C26H27N5O2/c1-18-7-9-19(10-8-18)25-28-21-17-23(33-3)22(32-2)16-20(21)26(29-25)31-14-12-30(13-15-31)24-6-4-5-11-27-24/h4-11,16-17H,12-15H2,1-3H3. The molecule has 4 aromatic rings. The predicted molar refractivity (Wildman–Crippen MR) is 131 cm³/mol. The van der Waals surface area contributed by atoms with E-state index in [4.69, 9.17) is 19.4 Å². The molecule has 0 amide bonds. The van der Waals surface area contributed by atoms with Crippen LogP contribution in [0.1, 0.15) is 5.56 Å². The van der Waals surface area contributed by atoms with Crippen molar-refractivity contribution in [2.24, 2.45) is 0 Å². The second kappa shape index (κ2) is 8.94. The molecule has 0 unspecified atom stereocenters. The minimum absolute atomic E-state index is 0.657. The van der Waals surface area contributed by atoms with Crippen LogP contribution in [0.4, 0.5) is 11.6 Å². The van der Waals surface area contributed by atoms with E-state index in [-0.39, 0.29) is 0 Å². The highest BCUT2D eigenvalue weighted by Gasteiger charge is 2.23. The molecule has 0 N–H and O–H groups in total. The molecular formula is C26H27N5O2. The van der Waals surface area contributed by atoms with Crippen LogP contribution in [0.25, 0.3) is 22.3 Å². The van der Waals surface area contributed by atoms with Crippen molar-refractivity contribution in [2.45, 2.75) is 6.92 Å². The number of hydrogen-bond donors (Lipinski definition) is 0. The van der Waals surface area contributed by atoms with E-state index in [0.29, 0.717) is 17.3 Å². The lowest BCUT2D eigenvalue weighted by Crippen LogP contribution is -2.47. The third kappa shape index (κ3) is 4.14. The number of anilines is 2. The van der Waals surface area contributed by atoms with E-state index in [1.807, 2.05) is 30.5 Å². The molecule has 1 saturated heterocycles. The van der Waals surface area contributed by atoms with Crippen molar-refractivity contribution in [2.75, 3.05) is 50.2 Å². The van der Waals surface area contributed by atoms with Gasteiger partial charge in [0, 0.05) is 49.4 Å². The molecule has 7 heteroatoms. The Morgan fingerprint density at radius 3 is 2.15 bits per heavy atom. The number of benzene rings is 2. The summed E-state index contributed by atoms with van der Waals surface area (Å²) in [5.41, 5.74) is 3.03. The van der Waals surface area contributed by atoms with Gasteiger partial charge in [-0.25, -0.2) is 15.0 Å². The molecule has 168 valence electrons. The van der Waals surface area contributed by atoms with Crippen LogP contribution in [0.5, 0.6) is 11.5 Å². The van der Waals surface area contributed by atoms with Crippen LogP contribution in [-0.2, 0) is 0 Å². The number of methoxy groups -OCH3 is 2. The van der Waals surface area contributed by atoms with Gasteiger partial charge in [-0.2, -0.15) is 0 Å². The Bertz CT molecular complexity index is 1250. The van der Waals surface area contributed by atoms with Crippen LogP contribution < -0.4 is 19.3 Å². The Balaban J connectivity index is 1.56. The van der Waals surface area contributed by atoms with Crippen LogP contribution in [0.3, 0.4) is 0 Å². The van der Waals surface area contributed by atoms with Crippen molar-refractivity contribution in [1.29, 1.82) is 0 Å². The molecule has 2 aromatic carbocycles. The summed E-state index contributed by atoms with van der Waals surface area (Å²) in [7, 11) is 3.29. The van der Waals surface area contributed by atoms with Gasteiger partial charge in [0.25, 0.3) is 0 Å². The number of fused-ring (bicyclic) bond motifs is 1. The number of aryl methyl sites for hydroxylation is 1. The van der Waals surface area contributed by atoms with Gasteiger partial charge in [-0.3, -0.25) is 0 Å². The number of hydrogen-bond acceptors (Lipinski definition) is 7. The smallest absolute Gasteiger partial charge is 0.162 e. The molecule has 0 radical (unpaired) electrons. The Morgan fingerprint density at radius 1 is 0.788 bits per heavy atom. The maximum Gasteiger partial charge on any atom is 0.162 e. The average molecular weight is 442 g/mol. The maximum atomic E-state index is 5.57. The van der Waals surface area contributed by atoms with Gasteiger partial charge in [0.1, 0.15) is 11.6 Å². The molecule has 3 heterocycles. The monoisotopic (exact) mass is 441 g/mol. The van der Waals surface area contributed by atoms with Crippen molar-refractivity contribution in [3.63, 3.8) is 0 Å². The van der Waals surface area contributed by atoms with Gasteiger partial charge in [-0.15, -0.1) is 0 Å². The summed E-state index contributed by atoms with van der Waals surface area (Å²) in [6, 6.07) is 18.3. The topological polar surface area (TPSA) is 63.6 Å². The highest BCUT2D eigenvalue weighted by atomic mass is 16.5. The molecule has 1 aliphatic rings. The van der Waals surface area contributed by atoms with Gasteiger partial charge >= 0.3 is 0 Å². The van der Waals surface area contributed by atoms with Gasteiger partial charge in [0.15, 0.2) is 17.3 Å². The SMILES string of the molecule is COc1cc2nc(-c3ccc(C)cc3)nc(N3CCN(c4ccccn4)CC3)c2cc1OC. The van der Waals surface area contributed by atoms with E-state index < -0.39 is 0 Å². The fourth-order valence-electron chi connectivity index (χ4n) is 4.20. The summed E-state index contributed by atoms with van der Waals surface area (Å²) in [5, 5.41) is 0.954. The van der Waals surface area contributed by atoms with Gasteiger partial charge in [0.2, 0.25) is 0 Å². The third-order valence-electron chi connectivity index (χ3n) is 6.04. The molecule has 1 fully saturated rings. The van der Waals surface area contributed by atoms with Gasteiger partial charge in [-0.1, -0.05) is 35.9 Å². The van der Waals surface area contributed by atoms with Crippen molar-refractivity contribution < 1.29 is 9.47 Å². The first-order valence-electron chi connectivity index (χ1n) is 11.1. The highest BCUT2D eigenvalue weighted by molar-refractivity contribution is 5.93. The lowest BCUT2D eigenvalue weighted by Gasteiger charge is -2.36. The van der Waals surface area contributed by atoms with Crippen LogP contribution in [0.15, 0.2) is 60.8 Å². The molecule has 0 saturated carbocycles. The fraction of sp³-hybridized carbons (Fsp3) is 0.269. The largest absolute Gasteiger partial charge is 0.493 e. The van der Waals surface area contributed by atoms with E-state index in [1.54, 1.807) is 14.2 Å². The van der Waals surface area contributed by atoms with E-state index in [1.165, 1.54) is 5.56 Å². The summed E-state index contributed by atoms with van der Waals surface area (Å²) in [5.74, 6) is 3.96. The quantitative estimate of drug-likeness (QED) is 0.456. The molecule has 1 aliphatic heterocycles. The summed E-state index contributed by atoms with van der Waals surface area (Å²) in [4.78, 5) is 19.1. The molecule has 0 bridgehead atoms. The zero-order chi connectivity index (χ0) is 22.8. The van der Waals surface area contributed by atoms with E-state index in [2.05, 4.69) is 52.0 Å². The number of aromatic nitrogens is 3. The van der Waals surface area contributed by atoms with Crippen LogP contribution in [0, 0.1) is 6.92 Å². The van der Waals surface area contributed by atoms with Gasteiger partial charge < -0.3 is 19.3 Å². The van der Waals surface area contributed by atoms with Crippen molar-refractivity contribution in [3.8, 4) is 22.9 Å². The minimum Gasteiger partial charge on any atom is -0.493 e. The molecule has 33 heavy (non-hydrogen) atoms. The van der Waals surface area contributed by atoms with Crippen molar-refractivity contribution >= 4 is 22.5 Å². The minimum atomic E-state index is 0.657. The molecule has 5 rings (SSSR count). The maximum absolute atomic E-state index is 5.57. The highest BCUT2D eigenvalue weighted by Crippen LogP contribution is 2.36. The third-order valence-corrected chi connectivity index (χ3v) is 6.04.